The summed E-state index contributed by atoms with van der Waals surface area (Å²) in [5.41, 5.74) is 2.43. The van der Waals surface area contributed by atoms with E-state index in [4.69, 9.17) is 16.0 Å². The van der Waals surface area contributed by atoms with Crippen molar-refractivity contribution in [3.8, 4) is 0 Å². The van der Waals surface area contributed by atoms with E-state index in [9.17, 15) is 14.4 Å². The number of nitrogens with zero attached hydrogens (tertiary/aromatic N) is 3. The molecule has 0 aliphatic carbocycles. The molecule has 5 rings (SSSR count). The molecule has 1 aromatic heterocycles. The molecule has 0 spiro atoms. The molecule has 1 fully saturated rings. The largest absolute Gasteiger partial charge is 0.467 e. The lowest BCUT2D eigenvalue weighted by Gasteiger charge is -2.22. The Morgan fingerprint density at radius 1 is 1.06 bits per heavy atom. The van der Waals surface area contributed by atoms with E-state index in [0.717, 1.165) is 16.0 Å². The highest BCUT2D eigenvalue weighted by molar-refractivity contribution is 6.30. The van der Waals surface area contributed by atoms with Crippen LogP contribution in [0.3, 0.4) is 0 Å². The first-order valence-electron chi connectivity index (χ1n) is 10.8. The average molecular weight is 477 g/mol. The minimum Gasteiger partial charge on any atom is -0.467 e. The molecule has 0 bridgehead atoms. The van der Waals surface area contributed by atoms with E-state index < -0.39 is 36.5 Å². The topological polar surface area (TPSA) is 95.2 Å². The van der Waals surface area contributed by atoms with Gasteiger partial charge in [0.25, 0.3) is 11.8 Å². The summed E-state index contributed by atoms with van der Waals surface area (Å²) in [4.78, 5) is 39.6. The Balaban J connectivity index is 1.34. The lowest BCUT2D eigenvalue weighted by Crippen LogP contribution is -2.41. The molecule has 0 saturated carbocycles. The summed E-state index contributed by atoms with van der Waals surface area (Å²) in [7, 11) is 0. The monoisotopic (exact) mass is 476 g/mol. The Labute approximate surface area is 200 Å². The summed E-state index contributed by atoms with van der Waals surface area (Å²) in [6.07, 6.45) is 2.31. The summed E-state index contributed by atoms with van der Waals surface area (Å²) in [6, 6.07) is 18.3. The minimum absolute atomic E-state index is 0.355. The molecule has 1 N–H and O–H groups in total. The standard InChI is InChI=1S/C25H21ClN4O4/c26-18-10-8-17(9-11-18)19-14-21(22-7-4-12-34-22)30(28-19)23(31)15-29-24(32)20(27-25(29)33)13-16-5-2-1-3-6-16/h1-12,20-21H,13-15H2,(H,27,33)/t20-,21+/m0/s1. The molecule has 3 aromatic rings. The van der Waals surface area contributed by atoms with Crippen molar-refractivity contribution in [2.45, 2.75) is 24.9 Å². The number of hydrogen-bond donors (Lipinski definition) is 1. The second kappa shape index (κ2) is 9.15. The molecule has 0 radical (unpaired) electrons. The van der Waals surface area contributed by atoms with Crippen LogP contribution in [0.1, 0.15) is 29.3 Å². The molecule has 172 valence electrons. The van der Waals surface area contributed by atoms with Crippen molar-refractivity contribution in [1.82, 2.24) is 15.2 Å². The number of furan rings is 1. The summed E-state index contributed by atoms with van der Waals surface area (Å²) >= 11 is 6.00. The Hall–Kier alpha value is -3.91. The van der Waals surface area contributed by atoms with Crippen molar-refractivity contribution < 1.29 is 18.8 Å². The molecular weight excluding hydrogens is 456 g/mol. The number of halogens is 1. The Kier molecular flexibility index (Phi) is 5.90. The minimum atomic E-state index is -0.713. The van der Waals surface area contributed by atoms with Crippen LogP contribution in [0.2, 0.25) is 5.02 Å². The zero-order valence-corrected chi connectivity index (χ0v) is 18.8. The number of hydrazone groups is 1. The summed E-state index contributed by atoms with van der Waals surface area (Å²) < 4.78 is 5.55. The first kappa shape index (κ1) is 21.9. The van der Waals surface area contributed by atoms with Crippen LogP contribution in [-0.2, 0) is 16.0 Å². The van der Waals surface area contributed by atoms with Crippen molar-refractivity contribution in [2.24, 2.45) is 5.10 Å². The van der Waals surface area contributed by atoms with Gasteiger partial charge in [-0.25, -0.2) is 9.80 Å². The molecule has 0 unspecified atom stereocenters. The van der Waals surface area contributed by atoms with Gasteiger partial charge in [-0.1, -0.05) is 54.1 Å². The van der Waals surface area contributed by atoms with Gasteiger partial charge in [-0.2, -0.15) is 5.10 Å². The number of benzene rings is 2. The number of carbonyl (C=O) groups excluding carboxylic acids is 3. The van der Waals surface area contributed by atoms with Crippen molar-refractivity contribution in [1.29, 1.82) is 0 Å². The number of rotatable bonds is 6. The predicted molar refractivity (Wildman–Crippen MR) is 125 cm³/mol. The molecule has 8 nitrogen and oxygen atoms in total. The third-order valence-corrected chi connectivity index (χ3v) is 6.15. The molecule has 2 atom stereocenters. The number of imide groups is 1. The maximum atomic E-state index is 13.3. The van der Waals surface area contributed by atoms with Gasteiger partial charge < -0.3 is 9.73 Å². The van der Waals surface area contributed by atoms with Crippen LogP contribution < -0.4 is 5.32 Å². The highest BCUT2D eigenvalue weighted by Crippen LogP contribution is 2.33. The zero-order valence-electron chi connectivity index (χ0n) is 18.1. The lowest BCUT2D eigenvalue weighted by molar-refractivity contribution is -0.138. The second-order valence-corrected chi connectivity index (χ2v) is 8.58. The SMILES string of the molecule is O=C1N[C@@H](Cc2ccccc2)C(=O)N1CC(=O)N1N=C(c2ccc(Cl)cc2)C[C@@H]1c1ccco1. The molecule has 1 saturated heterocycles. The maximum absolute atomic E-state index is 13.3. The molecule has 2 aromatic carbocycles. The third-order valence-electron chi connectivity index (χ3n) is 5.90. The van der Waals surface area contributed by atoms with Crippen LogP contribution in [0.4, 0.5) is 4.79 Å². The van der Waals surface area contributed by atoms with Gasteiger partial charge in [0.15, 0.2) is 0 Å². The molecule has 2 aliphatic heterocycles. The van der Waals surface area contributed by atoms with E-state index in [-0.39, 0.29) is 0 Å². The first-order valence-corrected chi connectivity index (χ1v) is 11.2. The second-order valence-electron chi connectivity index (χ2n) is 8.14. The molecule has 3 heterocycles. The number of amides is 4. The highest BCUT2D eigenvalue weighted by Gasteiger charge is 2.42. The molecular formula is C25H21ClN4O4. The van der Waals surface area contributed by atoms with E-state index in [1.54, 1.807) is 24.3 Å². The van der Waals surface area contributed by atoms with E-state index in [2.05, 4.69) is 10.4 Å². The van der Waals surface area contributed by atoms with Gasteiger partial charge >= 0.3 is 6.03 Å². The van der Waals surface area contributed by atoms with Gasteiger partial charge in [0.2, 0.25) is 0 Å². The van der Waals surface area contributed by atoms with E-state index >= 15 is 0 Å². The van der Waals surface area contributed by atoms with Crippen molar-refractivity contribution in [2.75, 3.05) is 6.54 Å². The van der Waals surface area contributed by atoms with Gasteiger partial charge in [-0.3, -0.25) is 14.5 Å². The fourth-order valence-electron chi connectivity index (χ4n) is 4.18. The smallest absolute Gasteiger partial charge is 0.325 e. The van der Waals surface area contributed by atoms with Crippen LogP contribution in [0, 0.1) is 0 Å². The van der Waals surface area contributed by atoms with Crippen LogP contribution in [-0.4, -0.2) is 46.1 Å². The summed E-state index contributed by atoms with van der Waals surface area (Å²) in [5.74, 6) is -0.340. The average Bonchev–Trinajstić information content (AvgIpc) is 3.57. The number of urea groups is 1. The van der Waals surface area contributed by atoms with Gasteiger partial charge in [0, 0.05) is 17.9 Å². The normalized spacial score (nSPS) is 20.0. The fraction of sp³-hybridized carbons (Fsp3) is 0.200. The Morgan fingerprint density at radius 3 is 2.53 bits per heavy atom. The Morgan fingerprint density at radius 2 is 1.82 bits per heavy atom. The van der Waals surface area contributed by atoms with E-state index in [0.29, 0.717) is 29.3 Å². The zero-order chi connectivity index (χ0) is 23.7. The maximum Gasteiger partial charge on any atom is 0.325 e. The first-order chi connectivity index (χ1) is 16.5. The Bertz CT molecular complexity index is 1240. The van der Waals surface area contributed by atoms with Crippen LogP contribution in [0.5, 0.6) is 0 Å². The van der Waals surface area contributed by atoms with E-state index in [1.165, 1.54) is 11.3 Å². The van der Waals surface area contributed by atoms with Gasteiger partial charge in [0.1, 0.15) is 24.4 Å². The molecule has 2 aliphatic rings. The third kappa shape index (κ3) is 4.32. The van der Waals surface area contributed by atoms with Gasteiger partial charge in [0.05, 0.1) is 12.0 Å². The molecule has 4 amide bonds. The van der Waals surface area contributed by atoms with E-state index in [1.807, 2.05) is 42.5 Å². The predicted octanol–water partition coefficient (Wildman–Crippen LogP) is 3.77. The van der Waals surface area contributed by atoms with Crippen molar-refractivity contribution in [3.05, 3.63) is 94.9 Å². The van der Waals surface area contributed by atoms with Crippen LogP contribution in [0.15, 0.2) is 82.5 Å². The lowest BCUT2D eigenvalue weighted by atomic mass is 10.0. The summed E-state index contributed by atoms with van der Waals surface area (Å²) in [5, 5.41) is 9.11. The van der Waals surface area contributed by atoms with Crippen LogP contribution >= 0.6 is 11.6 Å². The number of carbonyl (C=O) groups is 3. The summed E-state index contributed by atoms with van der Waals surface area (Å²) in [6.45, 7) is -0.412. The van der Waals surface area contributed by atoms with Crippen LogP contribution in [0.25, 0.3) is 0 Å². The quantitative estimate of drug-likeness (QED) is 0.548. The van der Waals surface area contributed by atoms with Gasteiger partial charge in [-0.05, 0) is 35.4 Å². The molecule has 9 heteroatoms. The fourth-order valence-corrected chi connectivity index (χ4v) is 4.31. The highest BCUT2D eigenvalue weighted by atomic mass is 35.5. The molecule has 34 heavy (non-hydrogen) atoms. The number of nitrogens with one attached hydrogen (secondary N) is 1. The van der Waals surface area contributed by atoms with Crippen molar-refractivity contribution >= 4 is 35.2 Å². The number of hydrogen-bond acceptors (Lipinski definition) is 5. The van der Waals surface area contributed by atoms with Crippen molar-refractivity contribution in [3.63, 3.8) is 0 Å². The van der Waals surface area contributed by atoms with Gasteiger partial charge in [-0.15, -0.1) is 0 Å².